The van der Waals surface area contributed by atoms with E-state index < -0.39 is 0 Å². The molecule has 5 nitrogen and oxygen atoms in total. The van der Waals surface area contributed by atoms with Crippen LogP contribution in [0.5, 0.6) is 0 Å². The van der Waals surface area contributed by atoms with Crippen LogP contribution >= 0.6 is 23.1 Å². The first-order chi connectivity index (χ1) is 9.24. The van der Waals surface area contributed by atoms with E-state index in [1.54, 1.807) is 27.7 Å². The van der Waals surface area contributed by atoms with E-state index in [0.717, 1.165) is 16.5 Å². The summed E-state index contributed by atoms with van der Waals surface area (Å²) in [5.74, 6) is 6.60. The van der Waals surface area contributed by atoms with Crippen LogP contribution in [0.4, 0.5) is 0 Å². The second kappa shape index (κ2) is 6.61. The first-order valence-corrected chi connectivity index (χ1v) is 7.65. The van der Waals surface area contributed by atoms with Crippen molar-refractivity contribution in [2.45, 2.75) is 24.4 Å². The molecule has 0 aliphatic heterocycles. The molecule has 0 unspecified atom stereocenters. The fourth-order valence-corrected chi connectivity index (χ4v) is 3.38. The van der Waals surface area contributed by atoms with Gasteiger partial charge in [-0.3, -0.25) is 4.57 Å². The first-order valence-electron chi connectivity index (χ1n) is 5.79. The van der Waals surface area contributed by atoms with Crippen molar-refractivity contribution in [2.75, 3.05) is 6.54 Å². The Hall–Kier alpha value is -1.49. The van der Waals surface area contributed by atoms with Crippen LogP contribution in [0.1, 0.15) is 17.4 Å². The number of aromatic amines is 1. The summed E-state index contributed by atoms with van der Waals surface area (Å²) in [4.78, 5) is 12.6. The number of hydrogen-bond donors (Lipinski definition) is 2. The molecular formula is C12H14N4OS2. The molecule has 7 heteroatoms. The summed E-state index contributed by atoms with van der Waals surface area (Å²) in [6.07, 6.45) is 0. The smallest absolute Gasteiger partial charge is 0.320 e. The predicted octanol–water partition coefficient (Wildman–Crippen LogP) is 1.26. The highest BCUT2D eigenvalue weighted by Gasteiger charge is 2.08. The molecule has 0 aliphatic rings. The van der Waals surface area contributed by atoms with Crippen molar-refractivity contribution in [1.29, 1.82) is 0 Å². The van der Waals surface area contributed by atoms with Crippen molar-refractivity contribution in [3.63, 3.8) is 0 Å². The van der Waals surface area contributed by atoms with Crippen LogP contribution in [0.3, 0.4) is 0 Å². The van der Waals surface area contributed by atoms with Gasteiger partial charge in [0, 0.05) is 28.1 Å². The van der Waals surface area contributed by atoms with E-state index >= 15 is 0 Å². The van der Waals surface area contributed by atoms with Crippen LogP contribution in [0, 0.1) is 11.8 Å². The second-order valence-electron chi connectivity index (χ2n) is 3.65. The molecule has 2 aromatic rings. The van der Waals surface area contributed by atoms with Gasteiger partial charge in [-0.05, 0) is 13.0 Å². The monoisotopic (exact) mass is 294 g/mol. The second-order valence-corrected chi connectivity index (χ2v) is 5.59. The minimum atomic E-state index is -0.161. The van der Waals surface area contributed by atoms with E-state index in [-0.39, 0.29) is 5.69 Å². The lowest BCUT2D eigenvalue weighted by Crippen LogP contribution is -2.16. The highest BCUT2D eigenvalue weighted by Crippen LogP contribution is 2.24. The van der Waals surface area contributed by atoms with Crippen LogP contribution in [0.2, 0.25) is 0 Å². The van der Waals surface area contributed by atoms with Gasteiger partial charge in [0.15, 0.2) is 5.16 Å². The molecule has 100 valence electrons. The molecule has 0 amide bonds. The zero-order valence-corrected chi connectivity index (χ0v) is 12.1. The van der Waals surface area contributed by atoms with Crippen molar-refractivity contribution in [3.05, 3.63) is 32.4 Å². The highest BCUT2D eigenvalue weighted by molar-refractivity contribution is 7.98. The number of aromatic nitrogens is 3. The summed E-state index contributed by atoms with van der Waals surface area (Å²) in [5.41, 5.74) is 6.16. The summed E-state index contributed by atoms with van der Waals surface area (Å²) in [5, 5.41) is 9.20. The van der Waals surface area contributed by atoms with E-state index in [1.807, 2.05) is 18.4 Å². The highest BCUT2D eigenvalue weighted by atomic mass is 32.2. The number of rotatable bonds is 4. The van der Waals surface area contributed by atoms with Crippen molar-refractivity contribution < 1.29 is 0 Å². The maximum Gasteiger partial charge on any atom is 0.343 e. The zero-order valence-electron chi connectivity index (χ0n) is 10.5. The van der Waals surface area contributed by atoms with E-state index in [1.165, 1.54) is 4.88 Å². The summed E-state index contributed by atoms with van der Waals surface area (Å²) in [6, 6.07) is 2.04. The number of nitrogens with one attached hydrogen (secondary N) is 1. The van der Waals surface area contributed by atoms with Gasteiger partial charge < -0.3 is 5.73 Å². The lowest BCUT2D eigenvalue weighted by atomic mass is 10.3. The third kappa shape index (κ3) is 3.50. The largest absolute Gasteiger partial charge is 0.343 e. The van der Waals surface area contributed by atoms with E-state index in [9.17, 15) is 4.79 Å². The molecule has 2 aromatic heterocycles. The van der Waals surface area contributed by atoms with Gasteiger partial charge in [-0.2, -0.15) is 0 Å². The Morgan fingerprint density at radius 1 is 1.63 bits per heavy atom. The van der Waals surface area contributed by atoms with Crippen molar-refractivity contribution in [1.82, 2.24) is 14.8 Å². The number of thioether (sulfide) groups is 1. The van der Waals surface area contributed by atoms with Crippen LogP contribution in [0.15, 0.2) is 21.4 Å². The quantitative estimate of drug-likeness (QED) is 0.657. The van der Waals surface area contributed by atoms with Gasteiger partial charge in [0.2, 0.25) is 0 Å². The van der Waals surface area contributed by atoms with Crippen LogP contribution < -0.4 is 11.4 Å². The van der Waals surface area contributed by atoms with Crippen molar-refractivity contribution in [3.8, 4) is 11.8 Å². The molecule has 0 saturated heterocycles. The maximum atomic E-state index is 11.4. The summed E-state index contributed by atoms with van der Waals surface area (Å²) < 4.78 is 1.62. The lowest BCUT2D eigenvalue weighted by Gasteiger charge is -2.00. The topological polar surface area (TPSA) is 76.7 Å². The standard InChI is InChI=1S/C12H14N4OS2/c1-2-16-11(17)14-15-12(16)19-8-10-6-9(7-18-10)4-3-5-13/h6-7H,2,5,8,13H2,1H3,(H,14,17). The Balaban J connectivity index is 2.02. The molecular weight excluding hydrogens is 280 g/mol. The summed E-state index contributed by atoms with van der Waals surface area (Å²) >= 11 is 3.19. The SMILES string of the molecule is CCn1c(SCc2cc(C#CCN)cs2)n[nH]c1=O. The summed E-state index contributed by atoms with van der Waals surface area (Å²) in [7, 11) is 0. The molecule has 2 heterocycles. The molecule has 0 aromatic carbocycles. The lowest BCUT2D eigenvalue weighted by molar-refractivity contribution is 0.660. The van der Waals surface area contributed by atoms with Gasteiger partial charge in [0.05, 0.1) is 6.54 Å². The minimum absolute atomic E-state index is 0.161. The summed E-state index contributed by atoms with van der Waals surface area (Å²) in [6.45, 7) is 2.91. The van der Waals surface area contributed by atoms with Gasteiger partial charge in [-0.1, -0.05) is 23.6 Å². The Labute approximate surface area is 119 Å². The van der Waals surface area contributed by atoms with E-state index in [0.29, 0.717) is 13.1 Å². The van der Waals surface area contributed by atoms with Gasteiger partial charge in [-0.25, -0.2) is 9.89 Å². The molecule has 19 heavy (non-hydrogen) atoms. The Morgan fingerprint density at radius 2 is 2.47 bits per heavy atom. The third-order valence-corrected chi connectivity index (χ3v) is 4.52. The molecule has 0 aliphatic carbocycles. The number of thiophene rings is 1. The van der Waals surface area contributed by atoms with Gasteiger partial charge >= 0.3 is 5.69 Å². The zero-order chi connectivity index (χ0) is 13.7. The number of hydrogen-bond acceptors (Lipinski definition) is 5. The Bertz CT molecular complexity index is 659. The van der Waals surface area contributed by atoms with Crippen LogP contribution in [0.25, 0.3) is 0 Å². The van der Waals surface area contributed by atoms with Crippen molar-refractivity contribution in [2.24, 2.45) is 5.73 Å². The van der Waals surface area contributed by atoms with E-state index in [4.69, 9.17) is 5.73 Å². The third-order valence-electron chi connectivity index (χ3n) is 2.37. The molecule has 0 atom stereocenters. The fourth-order valence-electron chi connectivity index (χ4n) is 1.50. The predicted molar refractivity (Wildman–Crippen MR) is 78.3 cm³/mol. The average Bonchev–Trinajstić information content (AvgIpc) is 3.00. The normalized spacial score (nSPS) is 10.2. The molecule has 2 rings (SSSR count). The molecule has 0 fully saturated rings. The number of nitrogens with zero attached hydrogens (tertiary/aromatic N) is 2. The Morgan fingerprint density at radius 3 is 3.21 bits per heavy atom. The molecule has 0 spiro atoms. The van der Waals surface area contributed by atoms with E-state index in [2.05, 4.69) is 22.0 Å². The Kier molecular flexibility index (Phi) is 4.85. The van der Waals surface area contributed by atoms with Crippen molar-refractivity contribution >= 4 is 23.1 Å². The maximum absolute atomic E-state index is 11.4. The number of nitrogens with two attached hydrogens (primary N) is 1. The fraction of sp³-hybridized carbons (Fsp3) is 0.333. The number of H-pyrrole nitrogens is 1. The molecule has 0 saturated carbocycles. The average molecular weight is 294 g/mol. The minimum Gasteiger partial charge on any atom is -0.320 e. The molecule has 3 N–H and O–H groups in total. The van der Waals surface area contributed by atoms with Crippen LogP contribution in [-0.2, 0) is 12.3 Å². The first kappa shape index (κ1) is 13.9. The van der Waals surface area contributed by atoms with Crippen LogP contribution in [-0.4, -0.2) is 21.3 Å². The molecule has 0 radical (unpaired) electrons. The molecule has 0 bridgehead atoms. The van der Waals surface area contributed by atoms with Gasteiger partial charge in [-0.15, -0.1) is 16.4 Å². The van der Waals surface area contributed by atoms with Gasteiger partial charge in [0.25, 0.3) is 0 Å². The van der Waals surface area contributed by atoms with Gasteiger partial charge in [0.1, 0.15) is 0 Å².